The lowest BCUT2D eigenvalue weighted by atomic mass is 10.0. The summed E-state index contributed by atoms with van der Waals surface area (Å²) in [5, 5.41) is 4.42. The van der Waals surface area contributed by atoms with Gasteiger partial charge in [-0.2, -0.15) is 0 Å². The molecule has 1 aliphatic rings. The van der Waals surface area contributed by atoms with Gasteiger partial charge >= 0.3 is 0 Å². The fourth-order valence-electron chi connectivity index (χ4n) is 4.10. The fraction of sp³-hybridized carbons (Fsp3) is 0.333. The van der Waals surface area contributed by atoms with Crippen LogP contribution in [0.5, 0.6) is 5.88 Å². The Labute approximate surface area is 181 Å². The average Bonchev–Trinajstić information content (AvgIpc) is 2.78. The number of pyridine rings is 1. The second kappa shape index (κ2) is 8.89. The lowest BCUT2D eigenvalue weighted by Crippen LogP contribution is -2.42. The van der Waals surface area contributed by atoms with E-state index in [2.05, 4.69) is 34.2 Å². The van der Waals surface area contributed by atoms with Crippen LogP contribution in [0.15, 0.2) is 48.5 Å². The van der Waals surface area contributed by atoms with Gasteiger partial charge in [0.05, 0.1) is 12.8 Å². The van der Waals surface area contributed by atoms with Gasteiger partial charge in [0, 0.05) is 30.2 Å². The number of benzene rings is 2. The van der Waals surface area contributed by atoms with E-state index < -0.39 is 5.91 Å². The van der Waals surface area contributed by atoms with Crippen molar-refractivity contribution in [3.05, 3.63) is 60.0 Å². The Morgan fingerprint density at radius 1 is 1.16 bits per heavy atom. The predicted molar refractivity (Wildman–Crippen MR) is 122 cm³/mol. The van der Waals surface area contributed by atoms with Crippen LogP contribution in [0.4, 0.5) is 15.8 Å². The number of halogens is 1. The van der Waals surface area contributed by atoms with Crippen LogP contribution < -0.4 is 15.0 Å². The highest BCUT2D eigenvalue weighted by Crippen LogP contribution is 2.28. The Morgan fingerprint density at radius 3 is 2.58 bits per heavy atom. The average molecular weight is 423 g/mol. The molecule has 0 saturated carbocycles. The molecule has 1 amide bonds. The normalized spacial score (nSPS) is 14.8. The summed E-state index contributed by atoms with van der Waals surface area (Å²) in [5.74, 6) is -0.376. The molecule has 0 unspecified atom stereocenters. The molecule has 4 rings (SSSR count). The zero-order valence-electron chi connectivity index (χ0n) is 18.1. The van der Waals surface area contributed by atoms with Crippen molar-refractivity contribution in [1.82, 2.24) is 9.88 Å². The van der Waals surface area contributed by atoms with E-state index in [0.717, 1.165) is 36.7 Å². The molecule has 0 atom stereocenters. The van der Waals surface area contributed by atoms with Gasteiger partial charge in [0.1, 0.15) is 11.5 Å². The number of piperidine rings is 1. The number of hydrogen-bond acceptors (Lipinski definition) is 5. The number of carbonyl (C=O) groups excluding carboxylic acids is 1. The van der Waals surface area contributed by atoms with Gasteiger partial charge in [0.2, 0.25) is 5.88 Å². The molecule has 7 heteroatoms. The Bertz CT molecular complexity index is 1090. The van der Waals surface area contributed by atoms with Gasteiger partial charge in [-0.3, -0.25) is 4.79 Å². The molecule has 1 aliphatic heterocycles. The quantitative estimate of drug-likeness (QED) is 0.669. The van der Waals surface area contributed by atoms with E-state index in [1.54, 1.807) is 18.2 Å². The van der Waals surface area contributed by atoms with Crippen molar-refractivity contribution in [3.8, 4) is 5.88 Å². The van der Waals surface area contributed by atoms with Crippen LogP contribution in [0, 0.1) is 5.82 Å². The van der Waals surface area contributed by atoms with E-state index in [0.29, 0.717) is 23.3 Å². The number of rotatable bonds is 5. The topological polar surface area (TPSA) is 57.7 Å². The fourth-order valence-corrected chi connectivity index (χ4v) is 4.10. The Kier molecular flexibility index (Phi) is 6.04. The summed E-state index contributed by atoms with van der Waals surface area (Å²) in [4.78, 5) is 21.4. The molecule has 1 fully saturated rings. The minimum atomic E-state index is -0.414. The molecular weight excluding hydrogens is 395 g/mol. The Balaban J connectivity index is 1.49. The number of methoxy groups -OCH3 is 1. The minimum Gasteiger partial charge on any atom is -0.481 e. The molecule has 1 N–H and O–H groups in total. The second-order valence-electron chi connectivity index (χ2n) is 8.04. The molecule has 0 bridgehead atoms. The van der Waals surface area contributed by atoms with Crippen molar-refractivity contribution in [2.24, 2.45) is 0 Å². The third kappa shape index (κ3) is 4.46. The van der Waals surface area contributed by atoms with Gasteiger partial charge < -0.3 is 19.9 Å². The Hall–Kier alpha value is -3.19. The molecule has 3 aromatic rings. The highest BCUT2D eigenvalue weighted by molar-refractivity contribution is 6.05. The number of ether oxygens (including phenoxy) is 1. The number of nitrogens with one attached hydrogen (secondary N) is 1. The maximum atomic E-state index is 14.8. The van der Waals surface area contributed by atoms with E-state index in [9.17, 15) is 9.18 Å². The number of nitrogens with zero attached hydrogens (tertiary/aromatic N) is 3. The van der Waals surface area contributed by atoms with Crippen LogP contribution in [-0.4, -0.2) is 56.1 Å². The largest absolute Gasteiger partial charge is 0.481 e. The second-order valence-corrected chi connectivity index (χ2v) is 8.04. The van der Waals surface area contributed by atoms with Gasteiger partial charge in [0.25, 0.3) is 5.91 Å². The number of amides is 1. The highest BCUT2D eigenvalue weighted by Gasteiger charge is 2.23. The number of anilines is 2. The first-order valence-electron chi connectivity index (χ1n) is 10.4. The zero-order valence-corrected chi connectivity index (χ0v) is 18.1. The monoisotopic (exact) mass is 422 g/mol. The zero-order chi connectivity index (χ0) is 22.0. The summed E-state index contributed by atoms with van der Waals surface area (Å²) in [5.41, 5.74) is 1.18. The van der Waals surface area contributed by atoms with Gasteiger partial charge in [-0.05, 0) is 62.7 Å². The smallest absolute Gasteiger partial charge is 0.274 e. The van der Waals surface area contributed by atoms with Crippen LogP contribution >= 0.6 is 0 Å². The SMILES string of the molecule is COc1nc(C(=O)Nc2ccc(N3CCC(N(C)C)CC3)c(F)c2)cc2ccccc12. The number of fused-ring (bicyclic) bond motifs is 1. The molecule has 0 spiro atoms. The van der Waals surface area contributed by atoms with Crippen molar-refractivity contribution in [2.45, 2.75) is 18.9 Å². The van der Waals surface area contributed by atoms with Crippen LogP contribution in [0.1, 0.15) is 23.3 Å². The maximum absolute atomic E-state index is 14.8. The van der Waals surface area contributed by atoms with Gasteiger partial charge in [-0.25, -0.2) is 9.37 Å². The van der Waals surface area contributed by atoms with Gasteiger partial charge in [0.15, 0.2) is 0 Å². The maximum Gasteiger partial charge on any atom is 0.274 e. The third-order valence-electron chi connectivity index (χ3n) is 5.87. The van der Waals surface area contributed by atoms with E-state index in [1.165, 1.54) is 13.2 Å². The van der Waals surface area contributed by atoms with Crippen LogP contribution in [0.25, 0.3) is 10.8 Å². The Morgan fingerprint density at radius 2 is 1.90 bits per heavy atom. The number of hydrogen-bond donors (Lipinski definition) is 1. The molecule has 1 saturated heterocycles. The van der Waals surface area contributed by atoms with E-state index >= 15 is 0 Å². The molecule has 1 aromatic heterocycles. The molecule has 2 aromatic carbocycles. The van der Waals surface area contributed by atoms with E-state index in [-0.39, 0.29) is 11.5 Å². The molecule has 31 heavy (non-hydrogen) atoms. The summed E-state index contributed by atoms with van der Waals surface area (Å²) in [6.45, 7) is 1.62. The molecule has 162 valence electrons. The van der Waals surface area contributed by atoms with Crippen molar-refractivity contribution < 1.29 is 13.9 Å². The van der Waals surface area contributed by atoms with Crippen molar-refractivity contribution in [1.29, 1.82) is 0 Å². The summed E-state index contributed by atoms with van der Waals surface area (Å²) in [7, 11) is 5.68. The lowest BCUT2D eigenvalue weighted by molar-refractivity contribution is 0.102. The summed E-state index contributed by atoms with van der Waals surface area (Å²) >= 11 is 0. The number of aromatic nitrogens is 1. The lowest BCUT2D eigenvalue weighted by Gasteiger charge is -2.36. The molecule has 2 heterocycles. The van der Waals surface area contributed by atoms with Gasteiger partial charge in [-0.1, -0.05) is 18.2 Å². The van der Waals surface area contributed by atoms with E-state index in [4.69, 9.17) is 4.74 Å². The minimum absolute atomic E-state index is 0.214. The van der Waals surface area contributed by atoms with Crippen molar-refractivity contribution in [2.75, 3.05) is 44.5 Å². The summed E-state index contributed by atoms with van der Waals surface area (Å²) < 4.78 is 20.2. The summed E-state index contributed by atoms with van der Waals surface area (Å²) in [6.07, 6.45) is 2.00. The number of carbonyl (C=O) groups is 1. The highest BCUT2D eigenvalue weighted by atomic mass is 19.1. The van der Waals surface area contributed by atoms with Crippen molar-refractivity contribution >= 4 is 28.1 Å². The van der Waals surface area contributed by atoms with E-state index in [1.807, 2.05) is 24.3 Å². The molecule has 6 nitrogen and oxygen atoms in total. The van der Waals surface area contributed by atoms with Crippen LogP contribution in [0.3, 0.4) is 0 Å². The first-order valence-corrected chi connectivity index (χ1v) is 10.4. The standard InChI is InChI=1S/C24H27FN4O2/c1-28(2)18-10-12-29(13-11-18)22-9-8-17(15-20(22)25)26-23(30)21-14-16-6-4-5-7-19(16)24(27-21)31-3/h4-9,14-15,18H,10-13H2,1-3H3,(H,26,30). The molecule has 0 aliphatic carbocycles. The van der Waals surface area contributed by atoms with Crippen molar-refractivity contribution in [3.63, 3.8) is 0 Å². The van der Waals surface area contributed by atoms with Gasteiger partial charge in [-0.15, -0.1) is 0 Å². The molecular formula is C24H27FN4O2. The van der Waals surface area contributed by atoms with Crippen LogP contribution in [0.2, 0.25) is 0 Å². The first kappa shape index (κ1) is 21.1. The van der Waals surface area contributed by atoms with Crippen LogP contribution in [-0.2, 0) is 0 Å². The third-order valence-corrected chi connectivity index (χ3v) is 5.87. The summed E-state index contributed by atoms with van der Waals surface area (Å²) in [6, 6.07) is 14.6. The molecule has 0 radical (unpaired) electrons. The first-order chi connectivity index (χ1) is 15.0. The predicted octanol–water partition coefficient (Wildman–Crippen LogP) is 4.17.